The third-order valence-electron chi connectivity index (χ3n) is 6.64. The molecule has 1 N–H and O–H groups in total. The van der Waals surface area contributed by atoms with Gasteiger partial charge >= 0.3 is 5.97 Å². The van der Waals surface area contributed by atoms with Crippen LogP contribution in [0, 0.1) is 0 Å². The smallest absolute Gasteiger partial charge is 0.328 e. The number of anilines is 1. The second-order valence-electron chi connectivity index (χ2n) is 9.45. The standard InChI is InChI=1S/C35H30N2O4/c1-40-35(39)33(37-32-16-8-6-14-30(32)34(38)27-11-3-2-4-12-27)24-25-17-21-29(22-18-25)41-23-9-13-28-20-19-26-10-5-7-15-31(26)36-28/h2-22,33,37H,23-24H2,1H3/b13-9+/t33-/m0/s1. The van der Waals surface area contributed by atoms with Gasteiger partial charge < -0.3 is 14.8 Å². The molecule has 0 aliphatic carbocycles. The summed E-state index contributed by atoms with van der Waals surface area (Å²) in [5, 5.41) is 4.35. The molecule has 5 rings (SSSR count). The molecular formula is C35H30N2O4. The van der Waals surface area contributed by atoms with Crippen LogP contribution in [-0.2, 0) is 16.0 Å². The number of aromatic nitrogens is 1. The van der Waals surface area contributed by atoms with E-state index in [4.69, 9.17) is 9.47 Å². The number of fused-ring (bicyclic) bond motifs is 1. The number of nitrogens with zero attached hydrogens (tertiary/aromatic N) is 1. The summed E-state index contributed by atoms with van der Waals surface area (Å²) in [6, 6.07) is 35.2. The maximum atomic E-state index is 13.1. The van der Waals surface area contributed by atoms with Crippen LogP contribution in [0.4, 0.5) is 5.69 Å². The van der Waals surface area contributed by atoms with Gasteiger partial charge in [-0.15, -0.1) is 0 Å². The highest BCUT2D eigenvalue weighted by Gasteiger charge is 2.22. The van der Waals surface area contributed by atoms with Crippen LogP contribution in [0.2, 0.25) is 0 Å². The highest BCUT2D eigenvalue weighted by Crippen LogP contribution is 2.22. The number of rotatable bonds is 11. The summed E-state index contributed by atoms with van der Waals surface area (Å²) in [5.41, 5.74) is 4.39. The van der Waals surface area contributed by atoms with E-state index in [-0.39, 0.29) is 5.78 Å². The number of ether oxygens (including phenoxy) is 2. The monoisotopic (exact) mass is 542 g/mol. The average molecular weight is 543 g/mol. The second-order valence-corrected chi connectivity index (χ2v) is 9.45. The lowest BCUT2D eigenvalue weighted by Crippen LogP contribution is -2.33. The van der Waals surface area contributed by atoms with Crippen molar-refractivity contribution in [2.24, 2.45) is 0 Å². The minimum Gasteiger partial charge on any atom is -0.490 e. The van der Waals surface area contributed by atoms with E-state index < -0.39 is 12.0 Å². The van der Waals surface area contributed by atoms with Gasteiger partial charge in [0.25, 0.3) is 0 Å². The lowest BCUT2D eigenvalue weighted by molar-refractivity contribution is -0.141. The molecular weight excluding hydrogens is 512 g/mol. The number of para-hydroxylation sites is 2. The van der Waals surface area contributed by atoms with Crippen molar-refractivity contribution in [1.82, 2.24) is 4.98 Å². The maximum absolute atomic E-state index is 13.1. The molecule has 204 valence electrons. The molecule has 4 aromatic carbocycles. The Kier molecular flexibility index (Phi) is 8.81. The zero-order chi connectivity index (χ0) is 28.4. The molecule has 1 atom stereocenters. The zero-order valence-corrected chi connectivity index (χ0v) is 22.7. The van der Waals surface area contributed by atoms with Gasteiger partial charge in [-0.05, 0) is 54.1 Å². The van der Waals surface area contributed by atoms with Crippen LogP contribution in [0.1, 0.15) is 27.2 Å². The molecule has 6 heteroatoms. The average Bonchev–Trinajstić information content (AvgIpc) is 3.03. The molecule has 0 spiro atoms. The van der Waals surface area contributed by atoms with Gasteiger partial charge in [-0.3, -0.25) is 4.79 Å². The van der Waals surface area contributed by atoms with Crippen LogP contribution in [-0.4, -0.2) is 36.5 Å². The number of carbonyl (C=O) groups excluding carboxylic acids is 2. The highest BCUT2D eigenvalue weighted by atomic mass is 16.5. The molecule has 1 heterocycles. The molecule has 0 radical (unpaired) electrons. The van der Waals surface area contributed by atoms with E-state index in [2.05, 4.69) is 16.4 Å². The number of methoxy groups -OCH3 is 1. The quantitative estimate of drug-likeness (QED) is 0.147. The third-order valence-corrected chi connectivity index (χ3v) is 6.64. The lowest BCUT2D eigenvalue weighted by Gasteiger charge is -2.20. The molecule has 0 saturated heterocycles. The summed E-state index contributed by atoms with van der Waals surface area (Å²) < 4.78 is 10.9. The van der Waals surface area contributed by atoms with Gasteiger partial charge in [-0.1, -0.05) is 78.9 Å². The van der Waals surface area contributed by atoms with Crippen molar-refractivity contribution in [3.8, 4) is 5.75 Å². The van der Waals surface area contributed by atoms with E-state index in [0.29, 0.717) is 35.6 Å². The van der Waals surface area contributed by atoms with Crippen LogP contribution in [0.25, 0.3) is 17.0 Å². The number of benzene rings is 4. The van der Waals surface area contributed by atoms with Gasteiger partial charge in [0.05, 0.1) is 18.3 Å². The van der Waals surface area contributed by atoms with Crippen molar-refractivity contribution in [2.45, 2.75) is 12.5 Å². The van der Waals surface area contributed by atoms with Crippen LogP contribution in [0.3, 0.4) is 0 Å². The number of carbonyl (C=O) groups is 2. The van der Waals surface area contributed by atoms with Gasteiger partial charge in [-0.2, -0.15) is 0 Å². The summed E-state index contributed by atoms with van der Waals surface area (Å²) in [6.45, 7) is 0.395. The van der Waals surface area contributed by atoms with Crippen molar-refractivity contribution < 1.29 is 19.1 Å². The van der Waals surface area contributed by atoms with Crippen molar-refractivity contribution in [1.29, 1.82) is 0 Å². The summed E-state index contributed by atoms with van der Waals surface area (Å²) in [4.78, 5) is 30.5. The number of hydrogen-bond donors (Lipinski definition) is 1. The predicted molar refractivity (Wildman–Crippen MR) is 162 cm³/mol. The Morgan fingerprint density at radius 1 is 0.829 bits per heavy atom. The molecule has 6 nitrogen and oxygen atoms in total. The van der Waals surface area contributed by atoms with Crippen molar-refractivity contribution in [3.05, 3.63) is 144 Å². The Balaban J connectivity index is 1.21. The number of pyridine rings is 1. The summed E-state index contributed by atoms with van der Waals surface area (Å²) in [7, 11) is 1.36. The lowest BCUT2D eigenvalue weighted by atomic mass is 10.00. The van der Waals surface area contributed by atoms with Crippen molar-refractivity contribution in [3.63, 3.8) is 0 Å². The first-order chi connectivity index (χ1) is 20.1. The van der Waals surface area contributed by atoms with E-state index in [1.165, 1.54) is 7.11 Å². The van der Waals surface area contributed by atoms with Gasteiger partial charge in [-0.25, -0.2) is 9.78 Å². The van der Waals surface area contributed by atoms with E-state index in [0.717, 1.165) is 22.2 Å². The molecule has 0 fully saturated rings. The molecule has 41 heavy (non-hydrogen) atoms. The second kappa shape index (κ2) is 13.2. The highest BCUT2D eigenvalue weighted by molar-refractivity contribution is 6.12. The molecule has 5 aromatic rings. The van der Waals surface area contributed by atoms with Gasteiger partial charge in [0.2, 0.25) is 0 Å². The fraction of sp³-hybridized carbons (Fsp3) is 0.114. The van der Waals surface area contributed by atoms with E-state index >= 15 is 0 Å². The molecule has 0 bridgehead atoms. The summed E-state index contributed by atoms with van der Waals surface area (Å²) in [6.07, 6.45) is 4.23. The SMILES string of the molecule is COC(=O)[C@H](Cc1ccc(OC/C=C/c2ccc3ccccc3n2)cc1)Nc1ccccc1C(=O)c1ccccc1. The zero-order valence-electron chi connectivity index (χ0n) is 22.7. The topological polar surface area (TPSA) is 77.5 Å². The number of hydrogen-bond acceptors (Lipinski definition) is 6. The first-order valence-corrected chi connectivity index (χ1v) is 13.4. The van der Waals surface area contributed by atoms with Gasteiger partial charge in [0.15, 0.2) is 5.78 Å². The number of nitrogens with one attached hydrogen (secondary N) is 1. The van der Waals surface area contributed by atoms with Crippen molar-refractivity contribution in [2.75, 3.05) is 19.0 Å². The Morgan fingerprint density at radius 3 is 2.37 bits per heavy atom. The molecule has 0 amide bonds. The Bertz CT molecular complexity index is 1660. The third kappa shape index (κ3) is 7.05. The fourth-order valence-electron chi connectivity index (χ4n) is 4.52. The number of esters is 1. The molecule has 0 aliphatic heterocycles. The van der Waals surface area contributed by atoms with Gasteiger partial charge in [0.1, 0.15) is 18.4 Å². The Morgan fingerprint density at radius 2 is 1.56 bits per heavy atom. The predicted octanol–water partition coefficient (Wildman–Crippen LogP) is 6.75. The number of ketones is 1. The van der Waals surface area contributed by atoms with Crippen LogP contribution in [0.5, 0.6) is 5.75 Å². The van der Waals surface area contributed by atoms with Crippen LogP contribution >= 0.6 is 0 Å². The van der Waals surface area contributed by atoms with E-state index in [1.54, 1.807) is 30.3 Å². The van der Waals surface area contributed by atoms with E-state index in [9.17, 15) is 9.59 Å². The molecule has 1 aromatic heterocycles. The molecule has 0 saturated carbocycles. The van der Waals surface area contributed by atoms with Gasteiger partial charge in [0, 0.05) is 28.6 Å². The first kappa shape index (κ1) is 27.3. The normalized spacial score (nSPS) is 11.7. The Hall–Kier alpha value is -5.23. The van der Waals surface area contributed by atoms with Crippen molar-refractivity contribution >= 4 is 34.4 Å². The first-order valence-electron chi connectivity index (χ1n) is 13.4. The summed E-state index contributed by atoms with van der Waals surface area (Å²) in [5.74, 6) is 0.176. The largest absolute Gasteiger partial charge is 0.490 e. The van der Waals surface area contributed by atoms with Crippen LogP contribution in [0.15, 0.2) is 121 Å². The molecule has 0 aliphatic rings. The maximum Gasteiger partial charge on any atom is 0.328 e. The minimum absolute atomic E-state index is 0.121. The summed E-state index contributed by atoms with van der Waals surface area (Å²) >= 11 is 0. The minimum atomic E-state index is -0.686. The van der Waals surface area contributed by atoms with E-state index in [1.807, 2.05) is 91.0 Å². The molecule has 0 unspecified atom stereocenters. The Labute approximate surface area is 239 Å². The fourth-order valence-corrected chi connectivity index (χ4v) is 4.52. The van der Waals surface area contributed by atoms with Crippen LogP contribution < -0.4 is 10.1 Å².